The van der Waals surface area contributed by atoms with E-state index >= 15 is 0 Å². The quantitative estimate of drug-likeness (QED) is 0.536. The lowest BCUT2D eigenvalue weighted by Crippen LogP contribution is -2.10. The van der Waals surface area contributed by atoms with E-state index in [0.29, 0.717) is 34.1 Å². The average molecular weight is 301 g/mol. The zero-order valence-electron chi connectivity index (χ0n) is 12.5. The van der Waals surface area contributed by atoms with Gasteiger partial charge in [0.05, 0.1) is 0 Å². The SMILES string of the molecule is CC(=O)c1c(C)[nH]c(C(=O)Oc2ccc3c(c2)OCO3)c1C. The third-order valence-electron chi connectivity index (χ3n) is 3.55. The van der Waals surface area contributed by atoms with E-state index in [0.717, 1.165) is 0 Å². The average Bonchev–Trinajstić information content (AvgIpc) is 3.02. The summed E-state index contributed by atoms with van der Waals surface area (Å²) < 4.78 is 15.8. The van der Waals surface area contributed by atoms with Crippen LogP contribution in [0.1, 0.15) is 39.0 Å². The minimum atomic E-state index is -0.549. The van der Waals surface area contributed by atoms with Crippen molar-refractivity contribution in [3.05, 3.63) is 40.7 Å². The number of fused-ring (bicyclic) bond motifs is 1. The van der Waals surface area contributed by atoms with Crippen LogP contribution >= 0.6 is 0 Å². The molecule has 0 unspecified atom stereocenters. The number of Topliss-reactive ketones (excluding diaryl/α,β-unsaturated/α-hetero) is 1. The summed E-state index contributed by atoms with van der Waals surface area (Å²) in [7, 11) is 0. The second-order valence-electron chi connectivity index (χ2n) is 5.09. The molecule has 6 nitrogen and oxygen atoms in total. The number of hydrogen-bond acceptors (Lipinski definition) is 5. The number of hydrogen-bond donors (Lipinski definition) is 1. The highest BCUT2D eigenvalue weighted by Gasteiger charge is 2.22. The molecule has 0 aliphatic carbocycles. The molecule has 0 spiro atoms. The standard InChI is InChI=1S/C16H15NO5/c1-8-14(10(3)18)9(2)17-15(8)16(19)22-11-4-5-12-13(6-11)21-7-20-12/h4-6,17H,7H2,1-3H3. The van der Waals surface area contributed by atoms with Crippen LogP contribution in [0, 0.1) is 13.8 Å². The zero-order chi connectivity index (χ0) is 15.9. The second-order valence-corrected chi connectivity index (χ2v) is 5.09. The van der Waals surface area contributed by atoms with Gasteiger partial charge in [0.25, 0.3) is 0 Å². The second kappa shape index (κ2) is 5.22. The van der Waals surface area contributed by atoms with E-state index in [-0.39, 0.29) is 18.3 Å². The molecule has 1 aromatic carbocycles. The number of benzene rings is 1. The fraction of sp³-hybridized carbons (Fsp3) is 0.250. The number of carbonyl (C=O) groups is 2. The fourth-order valence-corrected chi connectivity index (χ4v) is 2.58. The Morgan fingerprint density at radius 2 is 1.91 bits per heavy atom. The Hall–Kier alpha value is -2.76. The maximum absolute atomic E-state index is 12.3. The number of ketones is 1. The lowest BCUT2D eigenvalue weighted by atomic mass is 10.1. The topological polar surface area (TPSA) is 77.6 Å². The zero-order valence-corrected chi connectivity index (χ0v) is 12.5. The van der Waals surface area contributed by atoms with Gasteiger partial charge in [0, 0.05) is 17.3 Å². The molecular formula is C16H15NO5. The molecule has 0 bridgehead atoms. The molecule has 0 saturated heterocycles. The summed E-state index contributed by atoms with van der Waals surface area (Å²) in [4.78, 5) is 26.8. The number of aryl methyl sites for hydroxylation is 1. The van der Waals surface area contributed by atoms with Crippen LogP contribution < -0.4 is 14.2 Å². The van der Waals surface area contributed by atoms with Gasteiger partial charge >= 0.3 is 5.97 Å². The van der Waals surface area contributed by atoms with Gasteiger partial charge in [0.2, 0.25) is 6.79 Å². The molecule has 1 aliphatic heterocycles. The Morgan fingerprint density at radius 3 is 2.59 bits per heavy atom. The van der Waals surface area contributed by atoms with Gasteiger partial charge < -0.3 is 19.2 Å². The van der Waals surface area contributed by atoms with Gasteiger partial charge in [-0.2, -0.15) is 0 Å². The van der Waals surface area contributed by atoms with Crippen molar-refractivity contribution in [1.29, 1.82) is 0 Å². The largest absolute Gasteiger partial charge is 0.454 e. The van der Waals surface area contributed by atoms with Crippen molar-refractivity contribution in [3.63, 3.8) is 0 Å². The molecule has 6 heteroatoms. The third-order valence-corrected chi connectivity index (χ3v) is 3.55. The van der Waals surface area contributed by atoms with Crippen LogP contribution in [-0.2, 0) is 0 Å². The smallest absolute Gasteiger partial charge is 0.360 e. The molecule has 2 aromatic rings. The molecule has 1 aromatic heterocycles. The molecule has 114 valence electrons. The molecule has 0 atom stereocenters. The Labute approximate surface area is 127 Å². The first kappa shape index (κ1) is 14.2. The van der Waals surface area contributed by atoms with Crippen LogP contribution in [0.3, 0.4) is 0 Å². The van der Waals surface area contributed by atoms with Crippen LogP contribution in [0.2, 0.25) is 0 Å². The van der Waals surface area contributed by atoms with Crippen molar-refractivity contribution in [2.45, 2.75) is 20.8 Å². The maximum Gasteiger partial charge on any atom is 0.360 e. The number of H-pyrrole nitrogens is 1. The van der Waals surface area contributed by atoms with Crippen molar-refractivity contribution in [2.24, 2.45) is 0 Å². The molecule has 1 N–H and O–H groups in total. The van der Waals surface area contributed by atoms with E-state index in [1.165, 1.54) is 6.92 Å². The van der Waals surface area contributed by atoms with Gasteiger partial charge in [-0.1, -0.05) is 0 Å². The molecule has 0 amide bonds. The van der Waals surface area contributed by atoms with Crippen molar-refractivity contribution >= 4 is 11.8 Å². The van der Waals surface area contributed by atoms with Gasteiger partial charge in [-0.3, -0.25) is 4.79 Å². The van der Waals surface area contributed by atoms with Crippen molar-refractivity contribution in [3.8, 4) is 17.2 Å². The number of esters is 1. The minimum Gasteiger partial charge on any atom is -0.454 e. The molecule has 0 radical (unpaired) electrons. The first-order chi connectivity index (χ1) is 10.5. The summed E-state index contributed by atoms with van der Waals surface area (Å²) >= 11 is 0. The first-order valence-electron chi connectivity index (χ1n) is 6.79. The Bertz CT molecular complexity index is 775. The first-order valence-corrected chi connectivity index (χ1v) is 6.79. The van der Waals surface area contributed by atoms with Crippen molar-refractivity contribution in [2.75, 3.05) is 6.79 Å². The monoisotopic (exact) mass is 301 g/mol. The Balaban J connectivity index is 1.86. The summed E-state index contributed by atoms with van der Waals surface area (Å²) in [6.07, 6.45) is 0. The highest BCUT2D eigenvalue weighted by atomic mass is 16.7. The molecule has 3 rings (SSSR count). The number of ether oxygens (including phenoxy) is 3. The molecule has 0 fully saturated rings. The molecule has 22 heavy (non-hydrogen) atoms. The van der Waals surface area contributed by atoms with E-state index in [1.807, 2.05) is 0 Å². The Morgan fingerprint density at radius 1 is 1.18 bits per heavy atom. The molecule has 0 saturated carbocycles. The van der Waals surface area contributed by atoms with Crippen molar-refractivity contribution in [1.82, 2.24) is 4.98 Å². The predicted molar refractivity (Wildman–Crippen MR) is 77.8 cm³/mol. The van der Waals surface area contributed by atoms with E-state index in [9.17, 15) is 9.59 Å². The molecular weight excluding hydrogens is 286 g/mol. The highest BCUT2D eigenvalue weighted by molar-refractivity contribution is 6.01. The van der Waals surface area contributed by atoms with E-state index in [4.69, 9.17) is 14.2 Å². The van der Waals surface area contributed by atoms with Gasteiger partial charge in [0.15, 0.2) is 17.3 Å². The lowest BCUT2D eigenvalue weighted by molar-refractivity contribution is 0.0728. The van der Waals surface area contributed by atoms with Crippen LogP contribution in [0.25, 0.3) is 0 Å². The number of carbonyl (C=O) groups excluding carboxylic acids is 2. The number of aromatic nitrogens is 1. The minimum absolute atomic E-state index is 0.0895. The predicted octanol–water partition coefficient (Wildman–Crippen LogP) is 2.78. The van der Waals surface area contributed by atoms with E-state index < -0.39 is 5.97 Å². The Kier molecular flexibility index (Phi) is 3.36. The van der Waals surface area contributed by atoms with Gasteiger partial charge in [-0.25, -0.2) is 4.79 Å². The number of nitrogens with one attached hydrogen (secondary N) is 1. The summed E-state index contributed by atoms with van der Waals surface area (Å²) in [6.45, 7) is 5.09. The maximum atomic E-state index is 12.3. The third kappa shape index (κ3) is 2.32. The highest BCUT2D eigenvalue weighted by Crippen LogP contribution is 2.35. The van der Waals surface area contributed by atoms with Crippen molar-refractivity contribution < 1.29 is 23.8 Å². The van der Waals surface area contributed by atoms with Gasteiger partial charge in [-0.05, 0) is 38.5 Å². The number of rotatable bonds is 3. The van der Waals surface area contributed by atoms with Crippen LogP contribution in [0.15, 0.2) is 18.2 Å². The van der Waals surface area contributed by atoms with Crippen LogP contribution in [0.5, 0.6) is 17.2 Å². The fourth-order valence-electron chi connectivity index (χ4n) is 2.58. The summed E-state index contributed by atoms with van der Waals surface area (Å²) in [5.41, 5.74) is 2.05. The molecule has 2 heterocycles. The molecule has 1 aliphatic rings. The summed E-state index contributed by atoms with van der Waals surface area (Å²) in [6, 6.07) is 4.90. The summed E-state index contributed by atoms with van der Waals surface area (Å²) in [5.74, 6) is 0.866. The van der Waals surface area contributed by atoms with Gasteiger partial charge in [0.1, 0.15) is 11.4 Å². The normalized spacial score (nSPS) is 12.3. The van der Waals surface area contributed by atoms with E-state index in [1.54, 1.807) is 32.0 Å². The van der Waals surface area contributed by atoms with Crippen LogP contribution in [-0.4, -0.2) is 23.5 Å². The summed E-state index contributed by atoms with van der Waals surface area (Å²) in [5, 5.41) is 0. The van der Waals surface area contributed by atoms with Gasteiger partial charge in [-0.15, -0.1) is 0 Å². The van der Waals surface area contributed by atoms with E-state index in [2.05, 4.69) is 4.98 Å². The van der Waals surface area contributed by atoms with Crippen LogP contribution in [0.4, 0.5) is 0 Å². The number of aromatic amines is 1. The lowest BCUT2D eigenvalue weighted by Gasteiger charge is -2.05.